The summed E-state index contributed by atoms with van der Waals surface area (Å²) in [6.45, 7) is 1.98. The number of benzene rings is 1. The van der Waals surface area contributed by atoms with Crippen molar-refractivity contribution in [2.45, 2.75) is 31.9 Å². The first-order chi connectivity index (χ1) is 9.95. The molecule has 2 rings (SSSR count). The van der Waals surface area contributed by atoms with Crippen LogP contribution in [0.5, 0.6) is 0 Å². The first kappa shape index (κ1) is 15.8. The zero-order chi connectivity index (χ0) is 15.3. The Bertz CT molecular complexity index is 465. The molecule has 1 saturated heterocycles. The highest BCUT2D eigenvalue weighted by atomic mass is 19.4. The number of amides is 1. The van der Waals surface area contributed by atoms with Crippen LogP contribution in [-0.4, -0.2) is 19.0 Å². The van der Waals surface area contributed by atoms with Crippen molar-refractivity contribution in [3.63, 3.8) is 0 Å². The highest BCUT2D eigenvalue weighted by molar-refractivity contribution is 5.90. The Hall–Kier alpha value is -1.56. The van der Waals surface area contributed by atoms with E-state index in [4.69, 9.17) is 0 Å². The Kier molecular flexibility index (Phi) is 5.22. The molecule has 21 heavy (non-hydrogen) atoms. The number of hydrogen-bond acceptors (Lipinski definition) is 2. The quantitative estimate of drug-likeness (QED) is 0.894. The van der Waals surface area contributed by atoms with Crippen LogP contribution < -0.4 is 10.6 Å². The van der Waals surface area contributed by atoms with E-state index < -0.39 is 11.7 Å². The van der Waals surface area contributed by atoms with Gasteiger partial charge >= 0.3 is 6.18 Å². The third kappa shape index (κ3) is 5.04. The lowest BCUT2D eigenvalue weighted by atomic mass is 9.93. The Balaban J connectivity index is 1.79. The summed E-state index contributed by atoms with van der Waals surface area (Å²) in [7, 11) is 0. The fraction of sp³-hybridized carbons (Fsp3) is 0.533. The smallest absolute Gasteiger partial charge is 0.326 e. The van der Waals surface area contributed by atoms with E-state index in [9.17, 15) is 18.0 Å². The average Bonchev–Trinajstić information content (AvgIpc) is 2.46. The fourth-order valence-electron chi connectivity index (χ4n) is 2.47. The van der Waals surface area contributed by atoms with E-state index in [-0.39, 0.29) is 5.91 Å². The number of alkyl halides is 3. The van der Waals surface area contributed by atoms with Crippen LogP contribution in [0.4, 0.5) is 18.9 Å². The maximum atomic E-state index is 12.4. The summed E-state index contributed by atoms with van der Waals surface area (Å²) < 4.78 is 37.2. The van der Waals surface area contributed by atoms with E-state index >= 15 is 0 Å². The number of rotatable bonds is 4. The van der Waals surface area contributed by atoms with Gasteiger partial charge in [-0.25, -0.2) is 0 Å². The van der Waals surface area contributed by atoms with Gasteiger partial charge in [-0.2, -0.15) is 13.2 Å². The predicted octanol–water partition coefficient (Wildman–Crippen LogP) is 3.42. The molecule has 1 aromatic rings. The summed E-state index contributed by atoms with van der Waals surface area (Å²) >= 11 is 0. The molecule has 1 aromatic carbocycles. The van der Waals surface area contributed by atoms with Crippen LogP contribution in [0.25, 0.3) is 0 Å². The zero-order valence-electron chi connectivity index (χ0n) is 11.7. The van der Waals surface area contributed by atoms with Gasteiger partial charge in [-0.3, -0.25) is 4.79 Å². The lowest BCUT2D eigenvalue weighted by molar-refractivity contribution is -0.137. The van der Waals surface area contributed by atoms with Gasteiger partial charge in [0, 0.05) is 12.1 Å². The van der Waals surface area contributed by atoms with Crippen LogP contribution in [0.15, 0.2) is 24.3 Å². The summed E-state index contributed by atoms with van der Waals surface area (Å²) in [5.41, 5.74) is -0.312. The first-order valence-electron chi connectivity index (χ1n) is 7.13. The van der Waals surface area contributed by atoms with Gasteiger partial charge in [-0.15, -0.1) is 0 Å². The Morgan fingerprint density at radius 3 is 2.38 bits per heavy atom. The van der Waals surface area contributed by atoms with Gasteiger partial charge in [0.15, 0.2) is 0 Å². The number of nitrogens with one attached hydrogen (secondary N) is 2. The predicted molar refractivity (Wildman–Crippen MR) is 74.9 cm³/mol. The lowest BCUT2D eigenvalue weighted by Gasteiger charge is -2.22. The maximum absolute atomic E-state index is 12.4. The van der Waals surface area contributed by atoms with E-state index in [0.29, 0.717) is 18.0 Å². The van der Waals surface area contributed by atoms with Crippen molar-refractivity contribution in [1.29, 1.82) is 0 Å². The molecule has 1 aliphatic heterocycles. The van der Waals surface area contributed by atoms with Crippen molar-refractivity contribution in [3.05, 3.63) is 29.8 Å². The van der Waals surface area contributed by atoms with Crippen molar-refractivity contribution in [2.24, 2.45) is 5.92 Å². The Labute approximate surface area is 121 Å². The van der Waals surface area contributed by atoms with Crippen LogP contribution in [0.3, 0.4) is 0 Å². The van der Waals surface area contributed by atoms with Gasteiger partial charge in [-0.1, -0.05) is 0 Å². The minimum absolute atomic E-state index is 0.145. The van der Waals surface area contributed by atoms with Gasteiger partial charge in [0.1, 0.15) is 0 Å². The largest absolute Gasteiger partial charge is 0.416 e. The molecule has 1 amide bonds. The maximum Gasteiger partial charge on any atom is 0.416 e. The summed E-state index contributed by atoms with van der Waals surface area (Å²) in [5, 5.41) is 5.91. The van der Waals surface area contributed by atoms with Crippen molar-refractivity contribution < 1.29 is 18.0 Å². The van der Waals surface area contributed by atoms with Crippen molar-refractivity contribution in [3.8, 4) is 0 Å². The highest BCUT2D eigenvalue weighted by Gasteiger charge is 2.29. The monoisotopic (exact) mass is 300 g/mol. The van der Waals surface area contributed by atoms with Crippen molar-refractivity contribution in [1.82, 2.24) is 5.32 Å². The summed E-state index contributed by atoms with van der Waals surface area (Å²) in [5.74, 6) is 0.415. The number of carbonyl (C=O) groups excluding carboxylic acids is 1. The van der Waals surface area contributed by atoms with E-state index in [2.05, 4.69) is 10.6 Å². The number of hydrogen-bond donors (Lipinski definition) is 2. The van der Waals surface area contributed by atoms with Crippen LogP contribution >= 0.6 is 0 Å². The minimum Gasteiger partial charge on any atom is -0.326 e. The zero-order valence-corrected chi connectivity index (χ0v) is 11.7. The normalized spacial score (nSPS) is 16.7. The molecular formula is C15H19F3N2O. The van der Waals surface area contributed by atoms with E-state index in [1.54, 1.807) is 0 Å². The van der Waals surface area contributed by atoms with Crippen LogP contribution in [-0.2, 0) is 11.0 Å². The molecule has 2 N–H and O–H groups in total. The molecule has 1 fully saturated rings. The molecule has 6 heteroatoms. The molecule has 0 unspecified atom stereocenters. The average molecular weight is 300 g/mol. The second kappa shape index (κ2) is 6.93. The molecular weight excluding hydrogens is 281 g/mol. The minimum atomic E-state index is -4.35. The van der Waals surface area contributed by atoms with Crippen molar-refractivity contribution >= 4 is 11.6 Å². The van der Waals surface area contributed by atoms with Gasteiger partial charge in [0.25, 0.3) is 0 Å². The van der Waals surface area contributed by atoms with Gasteiger partial charge in [0.2, 0.25) is 5.91 Å². The summed E-state index contributed by atoms with van der Waals surface area (Å²) in [4.78, 5) is 11.8. The molecule has 0 atom stereocenters. The summed E-state index contributed by atoms with van der Waals surface area (Å²) in [6.07, 6.45) is -0.960. The number of carbonyl (C=O) groups is 1. The van der Waals surface area contributed by atoms with Gasteiger partial charge < -0.3 is 10.6 Å². The Morgan fingerprint density at radius 1 is 1.19 bits per heavy atom. The molecule has 0 spiro atoms. The first-order valence-corrected chi connectivity index (χ1v) is 7.13. The topological polar surface area (TPSA) is 41.1 Å². The van der Waals surface area contributed by atoms with Crippen molar-refractivity contribution in [2.75, 3.05) is 18.4 Å². The molecule has 0 saturated carbocycles. The SMILES string of the molecule is O=C(CCC1CCNCC1)Nc1ccc(C(F)(F)F)cc1. The second-order valence-corrected chi connectivity index (χ2v) is 5.36. The summed E-state index contributed by atoms with van der Waals surface area (Å²) in [6, 6.07) is 4.52. The molecule has 0 aromatic heterocycles. The molecule has 0 bridgehead atoms. The van der Waals surface area contributed by atoms with E-state index in [1.807, 2.05) is 0 Å². The molecule has 1 heterocycles. The molecule has 0 aliphatic carbocycles. The molecule has 0 radical (unpaired) electrons. The molecule has 116 valence electrons. The van der Waals surface area contributed by atoms with Gasteiger partial charge in [0.05, 0.1) is 5.56 Å². The third-order valence-electron chi connectivity index (χ3n) is 3.73. The number of halogens is 3. The van der Waals surface area contributed by atoms with E-state index in [0.717, 1.165) is 44.5 Å². The Morgan fingerprint density at radius 2 is 1.81 bits per heavy atom. The second-order valence-electron chi connectivity index (χ2n) is 5.36. The lowest BCUT2D eigenvalue weighted by Crippen LogP contribution is -2.28. The fourth-order valence-corrected chi connectivity index (χ4v) is 2.47. The van der Waals surface area contributed by atoms with Gasteiger partial charge in [-0.05, 0) is 62.5 Å². The van der Waals surface area contributed by atoms with E-state index in [1.165, 1.54) is 12.1 Å². The van der Waals surface area contributed by atoms with Crippen LogP contribution in [0.2, 0.25) is 0 Å². The molecule has 1 aliphatic rings. The standard InChI is InChI=1S/C15H19F3N2O/c16-15(17,18)12-2-4-13(5-3-12)20-14(21)6-1-11-7-9-19-10-8-11/h2-5,11,19H,1,6-10H2,(H,20,21). The highest BCUT2D eigenvalue weighted by Crippen LogP contribution is 2.29. The number of anilines is 1. The van der Waals surface area contributed by atoms with Crippen LogP contribution in [0, 0.1) is 5.92 Å². The number of piperidine rings is 1. The third-order valence-corrected chi connectivity index (χ3v) is 3.73. The molecule has 3 nitrogen and oxygen atoms in total. The van der Waals surface area contributed by atoms with Crippen LogP contribution in [0.1, 0.15) is 31.2 Å².